The van der Waals surface area contributed by atoms with E-state index in [-0.39, 0.29) is 66.9 Å². The number of benzene rings is 2. The van der Waals surface area contributed by atoms with Crippen molar-refractivity contribution in [2.75, 3.05) is 23.0 Å². The van der Waals surface area contributed by atoms with Crippen molar-refractivity contribution >= 4 is 103 Å². The van der Waals surface area contributed by atoms with Crippen LogP contribution in [0.15, 0.2) is 65.5 Å². The number of carboxylic acid groups (broad SMARTS) is 4. The summed E-state index contributed by atoms with van der Waals surface area (Å²) >= 11 is 5.27. The second kappa shape index (κ2) is 17.8. The molecule has 0 spiro atoms. The molecule has 0 saturated heterocycles. The average Bonchev–Trinajstić information content (AvgIpc) is 4.00. The van der Waals surface area contributed by atoms with Gasteiger partial charge in [0.2, 0.25) is 0 Å². The number of nitrogens with zero attached hydrogens (tertiary/aromatic N) is 12. The standard InChI is InChI=1S/C36H36N14O8S4/c1-35(2,3)23-21(25(37)49(47-23)19-11-15(27(51)52)9-16(12-19)28(53)54)39-41-31-43-45-33(61-31)59-7-8-60-34-46-44-32(62-34)42-40-22-24(36(4,5)6)48-50(26(22)38)20-13-17(29(55)56)10-18(14-20)30(57)58/h9-14H,7-8,37-38H2,1-6H3,(H,51,52)(H,53,54)(H,55,56)(H,57,58)/b41-39-,42-40+. The highest BCUT2D eigenvalue weighted by atomic mass is 32.2. The Kier molecular flexibility index (Phi) is 12.9. The van der Waals surface area contributed by atoms with Crippen molar-refractivity contribution < 1.29 is 39.6 Å². The van der Waals surface area contributed by atoms with Crippen molar-refractivity contribution in [1.82, 2.24) is 40.0 Å². The topological polar surface area (TPSA) is 338 Å². The minimum atomic E-state index is -1.32. The minimum absolute atomic E-state index is 0.0168. The molecule has 6 rings (SSSR count). The maximum atomic E-state index is 11.7. The van der Waals surface area contributed by atoms with Crippen LogP contribution in [0.3, 0.4) is 0 Å². The summed E-state index contributed by atoms with van der Waals surface area (Å²) < 4.78 is 3.72. The van der Waals surface area contributed by atoms with Gasteiger partial charge in [-0.1, -0.05) is 87.7 Å². The Bertz CT molecular complexity index is 2540. The molecule has 62 heavy (non-hydrogen) atoms. The second-order valence-electron chi connectivity index (χ2n) is 15.0. The Morgan fingerprint density at radius 2 is 0.887 bits per heavy atom. The van der Waals surface area contributed by atoms with E-state index in [4.69, 9.17) is 11.5 Å². The number of hydrogen-bond donors (Lipinski definition) is 6. The van der Waals surface area contributed by atoms with Gasteiger partial charge < -0.3 is 31.9 Å². The largest absolute Gasteiger partial charge is 0.478 e. The first-order valence-corrected chi connectivity index (χ1v) is 21.5. The van der Waals surface area contributed by atoms with E-state index in [1.165, 1.54) is 79.8 Å². The lowest BCUT2D eigenvalue weighted by Crippen LogP contribution is -2.13. The van der Waals surface area contributed by atoms with Crippen LogP contribution in [0.1, 0.15) is 94.4 Å². The van der Waals surface area contributed by atoms with E-state index in [0.29, 0.717) is 31.6 Å². The average molecular weight is 921 g/mol. The zero-order valence-corrected chi connectivity index (χ0v) is 36.7. The first kappa shape index (κ1) is 44.9. The Labute approximate surface area is 367 Å². The summed E-state index contributed by atoms with van der Waals surface area (Å²) in [6.07, 6.45) is 0. The lowest BCUT2D eigenvalue weighted by atomic mass is 9.91. The number of aromatic nitrogens is 8. The van der Waals surface area contributed by atoms with Gasteiger partial charge in [-0.15, -0.1) is 40.9 Å². The molecule has 26 heteroatoms. The SMILES string of the molecule is CC(C)(C)c1nn(-c2cc(C(=O)O)cc(C(=O)O)c2)c(N)c1/N=N\c1nnc(SCCSc2nnc(/N=N/c3c(C(C)(C)C)nn(-c4cc(C(=O)O)cc(C(=O)O)c4)c3N)s2)s1. The molecule has 322 valence electrons. The normalized spacial score (nSPS) is 12.2. The van der Waals surface area contributed by atoms with Crippen LogP contribution in [0.2, 0.25) is 0 Å². The van der Waals surface area contributed by atoms with Crippen molar-refractivity contribution in [2.45, 2.75) is 61.1 Å². The van der Waals surface area contributed by atoms with Crippen molar-refractivity contribution in [3.05, 3.63) is 70.0 Å². The fraction of sp³-hybridized carbons (Fsp3) is 0.278. The number of thioether (sulfide) groups is 2. The number of aromatic carboxylic acids is 4. The highest BCUT2D eigenvalue weighted by Crippen LogP contribution is 2.41. The molecule has 22 nitrogen and oxygen atoms in total. The van der Waals surface area contributed by atoms with E-state index >= 15 is 0 Å². The molecule has 8 N–H and O–H groups in total. The highest BCUT2D eigenvalue weighted by molar-refractivity contribution is 8.04. The smallest absolute Gasteiger partial charge is 0.335 e. The van der Waals surface area contributed by atoms with E-state index in [1.807, 2.05) is 41.5 Å². The van der Waals surface area contributed by atoms with Gasteiger partial charge in [0.05, 0.1) is 45.0 Å². The maximum absolute atomic E-state index is 11.7. The lowest BCUT2D eigenvalue weighted by Gasteiger charge is -2.15. The van der Waals surface area contributed by atoms with Gasteiger partial charge in [-0.2, -0.15) is 10.2 Å². The van der Waals surface area contributed by atoms with Gasteiger partial charge >= 0.3 is 23.9 Å². The number of nitrogen functional groups attached to an aromatic ring is 2. The number of azo groups is 2. The predicted octanol–water partition coefficient (Wildman–Crippen LogP) is 8.03. The number of hydrogen-bond acceptors (Lipinski definition) is 20. The molecule has 0 saturated carbocycles. The van der Waals surface area contributed by atoms with Crippen LogP contribution in [0.4, 0.5) is 33.3 Å². The summed E-state index contributed by atoms with van der Waals surface area (Å²) in [6.45, 7) is 11.3. The summed E-state index contributed by atoms with van der Waals surface area (Å²) in [5.41, 5.74) is 12.3. The number of rotatable bonds is 15. The van der Waals surface area contributed by atoms with Crippen LogP contribution < -0.4 is 11.5 Å². The van der Waals surface area contributed by atoms with Crippen LogP contribution in [-0.2, 0) is 10.8 Å². The third kappa shape index (κ3) is 10.1. The fourth-order valence-corrected chi connectivity index (χ4v) is 8.89. The fourth-order valence-electron chi connectivity index (χ4n) is 5.45. The van der Waals surface area contributed by atoms with Crippen LogP contribution in [0.25, 0.3) is 11.4 Å². The van der Waals surface area contributed by atoms with Gasteiger partial charge in [0, 0.05) is 22.3 Å². The Hall–Kier alpha value is -6.64. The van der Waals surface area contributed by atoms with Gasteiger partial charge in [0.25, 0.3) is 10.3 Å². The molecule has 0 aliphatic heterocycles. The number of carboxylic acids is 4. The molecule has 0 amide bonds. The molecule has 4 aromatic heterocycles. The zero-order valence-electron chi connectivity index (χ0n) is 33.5. The molecular formula is C36H36N14O8S4. The molecular weight excluding hydrogens is 885 g/mol. The lowest BCUT2D eigenvalue weighted by molar-refractivity contribution is 0.0676. The Morgan fingerprint density at radius 1 is 0.565 bits per heavy atom. The van der Waals surface area contributed by atoms with Gasteiger partial charge in [0.15, 0.2) is 31.7 Å². The molecule has 6 aromatic rings. The maximum Gasteiger partial charge on any atom is 0.335 e. The van der Waals surface area contributed by atoms with Crippen LogP contribution in [0.5, 0.6) is 0 Å². The summed E-state index contributed by atoms with van der Waals surface area (Å²) in [5.74, 6) is -4.00. The summed E-state index contributed by atoms with van der Waals surface area (Å²) in [4.78, 5) is 46.9. The number of carbonyl (C=O) groups is 4. The van der Waals surface area contributed by atoms with E-state index < -0.39 is 34.7 Å². The monoisotopic (exact) mass is 920 g/mol. The summed E-state index contributed by atoms with van der Waals surface area (Å²) in [5, 5.41) is 81.6. The molecule has 0 atom stereocenters. The van der Waals surface area contributed by atoms with Gasteiger partial charge in [-0.05, 0) is 36.4 Å². The molecule has 0 aliphatic carbocycles. The van der Waals surface area contributed by atoms with Gasteiger partial charge in [0.1, 0.15) is 0 Å². The van der Waals surface area contributed by atoms with Crippen LogP contribution >= 0.6 is 46.2 Å². The molecule has 2 aromatic carbocycles. The molecule has 4 heterocycles. The van der Waals surface area contributed by atoms with Crippen molar-refractivity contribution in [2.24, 2.45) is 20.5 Å². The predicted molar refractivity (Wildman–Crippen MR) is 231 cm³/mol. The van der Waals surface area contributed by atoms with Gasteiger partial charge in [-0.3, -0.25) is 0 Å². The molecule has 0 unspecified atom stereocenters. The van der Waals surface area contributed by atoms with Crippen molar-refractivity contribution in [1.29, 1.82) is 0 Å². The quantitative estimate of drug-likeness (QED) is 0.0322. The molecule has 0 fully saturated rings. The Balaban J connectivity index is 1.11. The van der Waals surface area contributed by atoms with Gasteiger partial charge in [-0.25, -0.2) is 28.5 Å². The summed E-state index contributed by atoms with van der Waals surface area (Å²) in [7, 11) is 0. The molecule has 0 bridgehead atoms. The van der Waals surface area contributed by atoms with Crippen molar-refractivity contribution in [3.8, 4) is 11.4 Å². The van der Waals surface area contributed by atoms with Crippen LogP contribution in [-0.4, -0.2) is 95.8 Å². The van der Waals surface area contributed by atoms with E-state index in [0.717, 1.165) is 12.1 Å². The van der Waals surface area contributed by atoms with E-state index in [9.17, 15) is 39.6 Å². The minimum Gasteiger partial charge on any atom is -0.478 e. The van der Waals surface area contributed by atoms with E-state index in [2.05, 4.69) is 51.0 Å². The third-order valence-electron chi connectivity index (χ3n) is 8.32. The zero-order chi connectivity index (χ0) is 45.3. The first-order valence-electron chi connectivity index (χ1n) is 17.9. The third-order valence-corrected chi connectivity index (χ3v) is 12.5. The highest BCUT2D eigenvalue weighted by Gasteiger charge is 2.29. The molecule has 0 radical (unpaired) electrons. The van der Waals surface area contributed by atoms with E-state index in [1.54, 1.807) is 0 Å². The first-order chi connectivity index (χ1) is 29.1. The second-order valence-corrected chi connectivity index (χ2v) is 19.6. The molecule has 0 aliphatic rings. The summed E-state index contributed by atoms with van der Waals surface area (Å²) in [6, 6.07) is 7.15. The Morgan fingerprint density at radius 3 is 1.18 bits per heavy atom. The van der Waals surface area contributed by atoms with Crippen molar-refractivity contribution in [3.63, 3.8) is 0 Å². The number of nitrogens with two attached hydrogens (primary N) is 2. The number of anilines is 2. The van der Waals surface area contributed by atoms with Crippen LogP contribution in [0, 0.1) is 0 Å².